The molecule has 0 aliphatic heterocycles. The molecular weight excluding hydrogens is 258 g/mol. The van der Waals surface area contributed by atoms with Crippen LogP contribution >= 0.6 is 0 Å². The van der Waals surface area contributed by atoms with Gasteiger partial charge in [-0.2, -0.15) is 11.5 Å². The predicted octanol–water partition coefficient (Wildman–Crippen LogP) is -1.07. The first-order chi connectivity index (χ1) is 4.83. The summed E-state index contributed by atoms with van der Waals surface area (Å²) in [6.07, 6.45) is 0. The molecule has 0 heterocycles. The Balaban J connectivity index is -0.0000000787. The van der Waals surface area contributed by atoms with E-state index in [0.29, 0.717) is 11.5 Å². The van der Waals surface area contributed by atoms with Gasteiger partial charge in [0.1, 0.15) is 0 Å². The standard InChI is InChI=1S/2C2H6OS.O.Tc/c2*3-1-2-4;;/h2*3-4H,1-2H2;;/p-2. The van der Waals surface area contributed by atoms with Crippen LogP contribution in [0, 0.1) is 0 Å². The zero-order chi connectivity index (χ0) is 8.83. The molecule has 0 amide bonds. The molecule has 0 rings (SSSR count). The van der Waals surface area contributed by atoms with E-state index in [0.717, 1.165) is 18.9 Å². The average molecular weight is 268 g/mol. The molecule has 0 aliphatic carbocycles. The Labute approximate surface area is 82.5 Å². The molecule has 10 heavy (non-hydrogen) atoms. The van der Waals surface area contributed by atoms with E-state index in [-0.39, 0.29) is 13.2 Å². The van der Waals surface area contributed by atoms with Crippen LogP contribution in [0.25, 0.3) is 0 Å². The van der Waals surface area contributed by atoms with Crippen LogP contribution in [0.2, 0.25) is 0 Å². The number of hydrogen-bond donors (Lipinski definition) is 2. The van der Waals surface area contributed by atoms with E-state index < -0.39 is 0 Å². The number of aliphatic hydroxyl groups is 2. The van der Waals surface area contributed by atoms with Gasteiger partial charge in [-0.05, 0) is 0 Å². The summed E-state index contributed by atoms with van der Waals surface area (Å²) in [5, 5.41) is 15.5. The van der Waals surface area contributed by atoms with Crippen LogP contribution in [0.5, 0.6) is 0 Å². The minimum atomic E-state index is 0.134. The summed E-state index contributed by atoms with van der Waals surface area (Å²) >= 11 is 9.51. The van der Waals surface area contributed by atoms with Crippen LogP contribution in [0.15, 0.2) is 0 Å². The quantitative estimate of drug-likeness (QED) is 0.625. The molecule has 0 fully saturated rings. The van der Waals surface area contributed by atoms with E-state index >= 15 is 0 Å². The van der Waals surface area contributed by atoms with Gasteiger partial charge in [-0.3, -0.25) is 0 Å². The summed E-state index contributed by atoms with van der Waals surface area (Å²) in [6, 6.07) is 0. The third kappa shape index (κ3) is 62.7. The molecule has 0 aliphatic rings. The molecule has 0 aromatic heterocycles. The van der Waals surface area contributed by atoms with Crippen LogP contribution in [0.1, 0.15) is 0 Å². The average Bonchev–Trinajstić information content (AvgIpc) is 2.08. The van der Waals surface area contributed by atoms with Crippen molar-refractivity contribution in [3.8, 4) is 0 Å². The van der Waals surface area contributed by atoms with Gasteiger partial charge in [0.2, 0.25) is 0 Å². The van der Waals surface area contributed by atoms with Crippen molar-refractivity contribution in [3.05, 3.63) is 0 Å². The van der Waals surface area contributed by atoms with E-state index in [9.17, 15) is 0 Å². The molecule has 0 aromatic carbocycles. The second kappa shape index (κ2) is 32.2. The number of rotatable bonds is 2. The van der Waals surface area contributed by atoms with Gasteiger partial charge in [-0.25, -0.2) is 0 Å². The van der Waals surface area contributed by atoms with Gasteiger partial charge in [-0.15, -0.1) is 0 Å². The summed E-state index contributed by atoms with van der Waals surface area (Å²) in [5.74, 6) is 0.917. The van der Waals surface area contributed by atoms with Gasteiger partial charge in [0.25, 0.3) is 0 Å². The zero-order valence-corrected chi connectivity index (χ0v) is 8.82. The number of hydrogen-bond acceptors (Lipinski definition) is 5. The van der Waals surface area contributed by atoms with Crippen molar-refractivity contribution in [2.75, 3.05) is 24.7 Å². The Morgan fingerprint density at radius 2 is 1.10 bits per heavy atom. The van der Waals surface area contributed by atoms with Gasteiger partial charge in [0, 0.05) is 13.2 Å². The Bertz CT molecular complexity index is 33.7. The summed E-state index contributed by atoms with van der Waals surface area (Å²) in [6.45, 7) is 0.269. The third-order valence-electron chi connectivity index (χ3n) is 0.183. The second-order valence-electron chi connectivity index (χ2n) is 0.855. The van der Waals surface area contributed by atoms with Crippen LogP contribution in [-0.4, -0.2) is 34.9 Å². The minimum absolute atomic E-state index is 0.134. The Hall–Kier alpha value is 1.07. The van der Waals surface area contributed by atoms with Crippen molar-refractivity contribution in [2.45, 2.75) is 0 Å². The van der Waals surface area contributed by atoms with Crippen LogP contribution in [0.3, 0.4) is 0 Å². The SMILES string of the molecule is OCC[S-].OCC[S-].[O]=[Tc]. The summed E-state index contributed by atoms with van der Waals surface area (Å²) in [4.78, 5) is 0. The molecule has 0 spiro atoms. The van der Waals surface area contributed by atoms with Gasteiger partial charge >= 0.3 is 22.4 Å². The second-order valence-corrected chi connectivity index (χ2v) is 1.67. The van der Waals surface area contributed by atoms with Crippen molar-refractivity contribution < 1.29 is 32.6 Å². The molecule has 0 unspecified atom stereocenters. The molecule has 65 valence electrons. The first kappa shape index (κ1) is 17.2. The van der Waals surface area contributed by atoms with Gasteiger partial charge in [0.15, 0.2) is 0 Å². The molecule has 0 saturated carbocycles. The molecule has 3 nitrogen and oxygen atoms in total. The van der Waals surface area contributed by atoms with E-state index in [2.05, 4.69) is 25.3 Å². The van der Waals surface area contributed by atoms with Gasteiger partial charge < -0.3 is 35.5 Å². The van der Waals surface area contributed by atoms with Crippen molar-refractivity contribution in [1.82, 2.24) is 0 Å². The normalized spacial score (nSPS) is 6.40. The van der Waals surface area contributed by atoms with Crippen molar-refractivity contribution in [3.63, 3.8) is 0 Å². The van der Waals surface area contributed by atoms with Gasteiger partial charge in [0.05, 0.1) is 0 Å². The zero-order valence-electron chi connectivity index (χ0n) is 5.33. The molecule has 0 bridgehead atoms. The fourth-order valence-corrected chi connectivity index (χ4v) is 0. The summed E-state index contributed by atoms with van der Waals surface area (Å²) < 4.78 is 8.22. The van der Waals surface area contributed by atoms with E-state index in [4.69, 9.17) is 13.7 Å². The maximum absolute atomic E-state index is 8.22. The fourth-order valence-electron chi connectivity index (χ4n) is 0. The summed E-state index contributed by atoms with van der Waals surface area (Å²) in [5.41, 5.74) is 0. The summed E-state index contributed by atoms with van der Waals surface area (Å²) in [7, 11) is 0. The third-order valence-corrected chi connectivity index (χ3v) is 0.548. The van der Waals surface area contributed by atoms with Crippen LogP contribution in [-0.2, 0) is 47.6 Å². The van der Waals surface area contributed by atoms with E-state index in [1.807, 2.05) is 0 Å². The van der Waals surface area contributed by atoms with E-state index in [1.165, 1.54) is 0 Å². The maximum atomic E-state index is 8.22. The molecular formula is C4H10O3S2Tc-2. The predicted molar refractivity (Wildman–Crippen MR) is 39.3 cm³/mol. The van der Waals surface area contributed by atoms with E-state index in [1.54, 1.807) is 0 Å². The molecule has 0 aromatic rings. The molecule has 0 saturated heterocycles. The first-order valence-corrected chi connectivity index (χ1v) is 4.28. The fraction of sp³-hybridized carbons (Fsp3) is 1.00. The topological polar surface area (TPSA) is 57.5 Å². The Kier molecular flexibility index (Phi) is 55.6. The monoisotopic (exact) mass is 267 g/mol. The van der Waals surface area contributed by atoms with Gasteiger partial charge in [-0.1, -0.05) is 0 Å². The molecule has 0 radical (unpaired) electrons. The Morgan fingerprint density at radius 1 is 1.00 bits per heavy atom. The van der Waals surface area contributed by atoms with Crippen molar-refractivity contribution in [1.29, 1.82) is 0 Å². The Morgan fingerprint density at radius 3 is 1.10 bits per heavy atom. The molecule has 6 heteroatoms. The first-order valence-electron chi connectivity index (χ1n) is 2.36. The van der Waals surface area contributed by atoms with Crippen molar-refractivity contribution >= 4 is 25.3 Å². The van der Waals surface area contributed by atoms with Crippen LogP contribution < -0.4 is 0 Å². The number of aliphatic hydroxyl groups excluding tert-OH is 2. The molecule has 0 atom stereocenters. The molecule has 2 N–H and O–H groups in total. The van der Waals surface area contributed by atoms with Crippen molar-refractivity contribution in [2.24, 2.45) is 0 Å². The van der Waals surface area contributed by atoms with Crippen LogP contribution in [0.4, 0.5) is 0 Å².